The first-order valence-electron chi connectivity index (χ1n) is 7.19. The molecule has 0 amide bonds. The van der Waals surface area contributed by atoms with Crippen molar-refractivity contribution in [3.8, 4) is 11.3 Å². The van der Waals surface area contributed by atoms with E-state index in [1.807, 2.05) is 13.1 Å². The highest BCUT2D eigenvalue weighted by Crippen LogP contribution is 2.40. The molecule has 21 heavy (non-hydrogen) atoms. The van der Waals surface area contributed by atoms with Gasteiger partial charge in [0.25, 0.3) is 0 Å². The van der Waals surface area contributed by atoms with E-state index in [1.54, 1.807) is 18.4 Å². The maximum atomic E-state index is 5.71. The van der Waals surface area contributed by atoms with Gasteiger partial charge in [0.1, 0.15) is 11.1 Å². The van der Waals surface area contributed by atoms with Crippen molar-refractivity contribution in [1.29, 1.82) is 0 Å². The largest absolute Gasteiger partial charge is 0.374 e. The fourth-order valence-electron chi connectivity index (χ4n) is 2.41. The monoisotopic (exact) mass is 304 g/mol. The Kier molecular flexibility index (Phi) is 5.14. The number of methoxy groups -OCH3 is 1. The van der Waals surface area contributed by atoms with E-state index in [-0.39, 0.29) is 11.5 Å². The molecule has 2 rings (SSSR count). The van der Waals surface area contributed by atoms with Gasteiger partial charge in [-0.15, -0.1) is 11.3 Å². The molecule has 3 nitrogen and oxygen atoms in total. The first-order valence-corrected chi connectivity index (χ1v) is 8.01. The van der Waals surface area contributed by atoms with Gasteiger partial charge in [0.2, 0.25) is 0 Å². The Balaban J connectivity index is 2.47. The summed E-state index contributed by atoms with van der Waals surface area (Å²) in [5, 5.41) is 4.28. The minimum absolute atomic E-state index is 0.00979. The maximum absolute atomic E-state index is 5.71. The zero-order chi connectivity index (χ0) is 15.5. The van der Waals surface area contributed by atoms with Crippen LogP contribution in [0.3, 0.4) is 0 Å². The predicted molar refractivity (Wildman–Crippen MR) is 89.5 cm³/mol. The van der Waals surface area contributed by atoms with Gasteiger partial charge in [0, 0.05) is 24.1 Å². The number of hydrogen-bond donors (Lipinski definition) is 1. The number of thiazole rings is 1. The second-order valence-electron chi connectivity index (χ2n) is 6.20. The summed E-state index contributed by atoms with van der Waals surface area (Å²) in [5.74, 6) is 0. The molecule has 0 saturated heterocycles. The molecule has 1 aromatic heterocycles. The molecule has 0 aliphatic carbocycles. The van der Waals surface area contributed by atoms with E-state index < -0.39 is 0 Å². The molecule has 0 radical (unpaired) electrons. The maximum Gasteiger partial charge on any atom is 0.123 e. The van der Waals surface area contributed by atoms with Crippen molar-refractivity contribution in [1.82, 2.24) is 10.3 Å². The zero-order valence-electron chi connectivity index (χ0n) is 13.4. The molecule has 4 heteroatoms. The lowest BCUT2D eigenvalue weighted by Crippen LogP contribution is -2.19. The molecule has 1 N–H and O–H groups in total. The van der Waals surface area contributed by atoms with Crippen LogP contribution in [0.25, 0.3) is 11.3 Å². The van der Waals surface area contributed by atoms with Crippen LogP contribution in [0, 0.1) is 5.41 Å². The molecule has 0 fully saturated rings. The molecule has 2 aromatic rings. The van der Waals surface area contributed by atoms with Crippen molar-refractivity contribution in [3.05, 3.63) is 40.2 Å². The van der Waals surface area contributed by atoms with Gasteiger partial charge in [-0.05, 0) is 12.5 Å². The van der Waals surface area contributed by atoms with Crippen LogP contribution in [0.5, 0.6) is 0 Å². The lowest BCUT2D eigenvalue weighted by molar-refractivity contribution is 0.0151. The summed E-state index contributed by atoms with van der Waals surface area (Å²) < 4.78 is 5.71. The number of ether oxygens (including phenoxy) is 1. The normalized spacial score (nSPS) is 13.4. The molecule has 0 saturated carbocycles. The van der Waals surface area contributed by atoms with Gasteiger partial charge in [-0.2, -0.15) is 0 Å². The van der Waals surface area contributed by atoms with Crippen LogP contribution in [-0.4, -0.2) is 19.1 Å². The third-order valence-corrected chi connectivity index (χ3v) is 4.44. The van der Waals surface area contributed by atoms with Gasteiger partial charge in [-0.25, -0.2) is 4.98 Å². The number of nitrogens with one attached hydrogen (secondary N) is 1. The summed E-state index contributed by atoms with van der Waals surface area (Å²) in [7, 11) is 3.73. The van der Waals surface area contributed by atoms with Crippen LogP contribution in [0.15, 0.2) is 30.3 Å². The summed E-state index contributed by atoms with van der Waals surface area (Å²) in [4.78, 5) is 6.14. The predicted octanol–water partition coefficient (Wildman–Crippen LogP) is 4.26. The number of nitrogens with zero attached hydrogens (tertiary/aromatic N) is 1. The van der Waals surface area contributed by atoms with E-state index in [1.165, 1.54) is 4.88 Å². The topological polar surface area (TPSA) is 34.1 Å². The second-order valence-corrected chi connectivity index (χ2v) is 7.32. The number of benzene rings is 1. The Morgan fingerprint density at radius 2 is 1.90 bits per heavy atom. The number of aromatic nitrogens is 1. The van der Waals surface area contributed by atoms with Crippen LogP contribution < -0.4 is 5.32 Å². The Labute approximate surface area is 131 Å². The van der Waals surface area contributed by atoms with Crippen LogP contribution in [-0.2, 0) is 11.3 Å². The summed E-state index contributed by atoms with van der Waals surface area (Å²) >= 11 is 1.74. The fraction of sp³-hybridized carbons (Fsp3) is 0.471. The van der Waals surface area contributed by atoms with Crippen molar-refractivity contribution in [2.24, 2.45) is 5.41 Å². The van der Waals surface area contributed by atoms with E-state index in [4.69, 9.17) is 9.72 Å². The highest BCUT2D eigenvalue weighted by molar-refractivity contribution is 7.12. The highest BCUT2D eigenvalue weighted by Gasteiger charge is 2.30. The molecule has 0 spiro atoms. The van der Waals surface area contributed by atoms with Gasteiger partial charge in [-0.1, -0.05) is 51.1 Å². The van der Waals surface area contributed by atoms with Crippen LogP contribution in [0.1, 0.15) is 36.8 Å². The Bertz CT molecular complexity index is 572. The number of hydrogen-bond acceptors (Lipinski definition) is 4. The van der Waals surface area contributed by atoms with Crippen molar-refractivity contribution in [2.45, 2.75) is 33.4 Å². The standard InChI is InChI=1S/C17H24N2OS/c1-17(2,3)15(20-5)16-19-14(13(21-16)11-18-4)12-9-7-6-8-10-12/h6-10,15,18H,11H2,1-5H3. The molecule has 1 unspecified atom stereocenters. The first-order chi connectivity index (χ1) is 9.97. The molecule has 0 bridgehead atoms. The third-order valence-electron chi connectivity index (χ3n) is 3.35. The quantitative estimate of drug-likeness (QED) is 0.896. The number of rotatable bonds is 5. The van der Waals surface area contributed by atoms with Crippen LogP contribution in [0.4, 0.5) is 0 Å². The minimum Gasteiger partial charge on any atom is -0.374 e. The van der Waals surface area contributed by atoms with E-state index in [9.17, 15) is 0 Å². The molecule has 0 aliphatic heterocycles. The Morgan fingerprint density at radius 1 is 1.24 bits per heavy atom. The van der Waals surface area contributed by atoms with Crippen LogP contribution >= 0.6 is 11.3 Å². The fourth-order valence-corrected chi connectivity index (χ4v) is 3.83. The second kappa shape index (κ2) is 6.69. The van der Waals surface area contributed by atoms with Gasteiger partial charge < -0.3 is 10.1 Å². The van der Waals surface area contributed by atoms with Crippen molar-refractivity contribution in [2.75, 3.05) is 14.2 Å². The summed E-state index contributed by atoms with van der Waals surface area (Å²) in [6, 6.07) is 10.3. The SMILES string of the molecule is CNCc1sc(C(OC)C(C)(C)C)nc1-c1ccccc1. The van der Waals surface area contributed by atoms with Gasteiger partial charge in [0.15, 0.2) is 0 Å². The van der Waals surface area contributed by atoms with E-state index in [0.29, 0.717) is 0 Å². The van der Waals surface area contributed by atoms with Crippen molar-refractivity contribution >= 4 is 11.3 Å². The van der Waals surface area contributed by atoms with Gasteiger partial charge in [0.05, 0.1) is 5.69 Å². The zero-order valence-corrected chi connectivity index (χ0v) is 14.3. The lowest BCUT2D eigenvalue weighted by atomic mass is 9.89. The summed E-state index contributed by atoms with van der Waals surface area (Å²) in [6.07, 6.45) is 0.00979. The van der Waals surface area contributed by atoms with Gasteiger partial charge >= 0.3 is 0 Å². The molecule has 114 valence electrons. The summed E-state index contributed by atoms with van der Waals surface area (Å²) in [5.41, 5.74) is 2.25. The van der Waals surface area contributed by atoms with E-state index >= 15 is 0 Å². The minimum atomic E-state index is 0.00979. The molecular formula is C17H24N2OS. The highest BCUT2D eigenvalue weighted by atomic mass is 32.1. The molecule has 0 aliphatic rings. The summed E-state index contributed by atoms with van der Waals surface area (Å²) in [6.45, 7) is 7.37. The average Bonchev–Trinajstić information content (AvgIpc) is 2.83. The molecule has 1 atom stereocenters. The smallest absolute Gasteiger partial charge is 0.123 e. The lowest BCUT2D eigenvalue weighted by Gasteiger charge is -2.27. The molecular weight excluding hydrogens is 280 g/mol. The van der Waals surface area contributed by atoms with E-state index in [0.717, 1.165) is 22.8 Å². The Morgan fingerprint density at radius 3 is 2.43 bits per heavy atom. The van der Waals surface area contributed by atoms with E-state index in [2.05, 4.69) is 50.4 Å². The Hall–Kier alpha value is -1.23. The first kappa shape index (κ1) is 16.1. The third kappa shape index (κ3) is 3.70. The van der Waals surface area contributed by atoms with Gasteiger partial charge in [-0.3, -0.25) is 0 Å². The van der Waals surface area contributed by atoms with Crippen molar-refractivity contribution in [3.63, 3.8) is 0 Å². The van der Waals surface area contributed by atoms with Crippen LogP contribution in [0.2, 0.25) is 0 Å². The van der Waals surface area contributed by atoms with Crippen molar-refractivity contribution < 1.29 is 4.74 Å². The molecule has 1 aromatic carbocycles. The average molecular weight is 304 g/mol. The molecule has 1 heterocycles.